The van der Waals surface area contributed by atoms with Crippen LogP contribution >= 0.6 is 0 Å². The number of carbonyl (C=O) groups is 1. The Kier molecular flexibility index (Phi) is 3.22. The molecular formula is C7H9N3O4S. The second kappa shape index (κ2) is 4.24. The minimum atomic E-state index is -3.64. The van der Waals surface area contributed by atoms with Gasteiger partial charge < -0.3 is 5.11 Å². The van der Waals surface area contributed by atoms with Gasteiger partial charge in [0.15, 0.2) is 0 Å². The third kappa shape index (κ3) is 3.18. The minimum absolute atomic E-state index is 0.136. The Labute approximate surface area is 86.3 Å². The van der Waals surface area contributed by atoms with Crippen molar-refractivity contribution in [2.75, 3.05) is 11.8 Å². The van der Waals surface area contributed by atoms with E-state index in [-0.39, 0.29) is 11.4 Å². The average molecular weight is 231 g/mol. The van der Waals surface area contributed by atoms with Gasteiger partial charge in [-0.25, -0.2) is 14.5 Å². The summed E-state index contributed by atoms with van der Waals surface area (Å²) in [5, 5.41) is 8.61. The predicted molar refractivity (Wildman–Crippen MR) is 52.8 cm³/mol. The molecule has 0 aliphatic rings. The number of anilines is 1. The topological polar surface area (TPSA) is 108 Å². The van der Waals surface area contributed by atoms with E-state index in [9.17, 15) is 13.2 Å². The second-order valence-electron chi connectivity index (χ2n) is 2.54. The van der Waals surface area contributed by atoms with Gasteiger partial charge in [-0.15, -0.1) is 0 Å². The summed E-state index contributed by atoms with van der Waals surface area (Å²) in [7, 11) is -2.40. The Morgan fingerprint density at radius 3 is 2.73 bits per heavy atom. The summed E-state index contributed by atoms with van der Waals surface area (Å²) in [6, 6.07) is 2.47. The average Bonchev–Trinajstić information content (AvgIpc) is 2.17. The van der Waals surface area contributed by atoms with Gasteiger partial charge in [0.1, 0.15) is 5.69 Å². The second-order valence-corrected chi connectivity index (χ2v) is 4.16. The Morgan fingerprint density at radius 1 is 1.53 bits per heavy atom. The van der Waals surface area contributed by atoms with Crippen LogP contribution in [0, 0.1) is 0 Å². The summed E-state index contributed by atoms with van der Waals surface area (Å²) in [5.74, 6) is -1.22. The molecule has 7 nitrogen and oxygen atoms in total. The zero-order valence-corrected chi connectivity index (χ0v) is 8.58. The number of aromatic nitrogens is 1. The normalized spacial score (nSPS) is 11.0. The first-order chi connectivity index (χ1) is 6.94. The number of carboxylic acids is 1. The van der Waals surface area contributed by atoms with Crippen LogP contribution in [0.1, 0.15) is 10.5 Å². The fraction of sp³-hybridized carbons (Fsp3) is 0.143. The van der Waals surface area contributed by atoms with E-state index in [1.54, 1.807) is 0 Å². The molecule has 1 rings (SSSR count). The number of rotatable bonds is 4. The highest BCUT2D eigenvalue weighted by atomic mass is 32.2. The summed E-state index contributed by atoms with van der Waals surface area (Å²) in [5.41, 5.74) is -0.0944. The maximum atomic E-state index is 11.1. The number of nitrogens with one attached hydrogen (secondary N) is 2. The fourth-order valence-electron chi connectivity index (χ4n) is 0.817. The van der Waals surface area contributed by atoms with Crippen molar-refractivity contribution in [3.05, 3.63) is 24.0 Å². The van der Waals surface area contributed by atoms with Gasteiger partial charge in [-0.05, 0) is 12.1 Å². The van der Waals surface area contributed by atoms with E-state index in [4.69, 9.17) is 5.11 Å². The quantitative estimate of drug-likeness (QED) is 0.656. The molecule has 0 saturated heterocycles. The number of carboxylic acid groups (broad SMARTS) is 1. The van der Waals surface area contributed by atoms with Gasteiger partial charge in [0.2, 0.25) is 0 Å². The minimum Gasteiger partial charge on any atom is -0.477 e. The molecule has 0 amide bonds. The van der Waals surface area contributed by atoms with Crippen molar-refractivity contribution >= 4 is 21.9 Å². The molecule has 0 aliphatic heterocycles. The maximum Gasteiger partial charge on any atom is 0.354 e. The van der Waals surface area contributed by atoms with E-state index < -0.39 is 16.2 Å². The molecule has 0 unspecified atom stereocenters. The Morgan fingerprint density at radius 2 is 2.20 bits per heavy atom. The molecule has 0 radical (unpaired) electrons. The van der Waals surface area contributed by atoms with E-state index in [1.807, 2.05) is 4.72 Å². The van der Waals surface area contributed by atoms with E-state index in [0.29, 0.717) is 0 Å². The van der Waals surface area contributed by atoms with Crippen LogP contribution in [0.25, 0.3) is 0 Å². The molecule has 0 atom stereocenters. The standard InChI is InChI=1S/C7H9N3O4S/c1-8-15(13,14)10-5-2-3-9-6(4-5)7(11)12/h2-4,8H,1H3,(H,9,10)(H,11,12). The van der Waals surface area contributed by atoms with Gasteiger partial charge in [0.25, 0.3) is 10.2 Å². The number of hydrogen-bond acceptors (Lipinski definition) is 4. The summed E-state index contributed by atoms with van der Waals surface area (Å²) >= 11 is 0. The lowest BCUT2D eigenvalue weighted by molar-refractivity contribution is 0.0690. The molecule has 0 bridgehead atoms. The zero-order valence-electron chi connectivity index (χ0n) is 7.76. The number of hydrogen-bond donors (Lipinski definition) is 3. The smallest absolute Gasteiger partial charge is 0.354 e. The molecular weight excluding hydrogens is 222 g/mol. The van der Waals surface area contributed by atoms with Crippen molar-refractivity contribution in [1.29, 1.82) is 0 Å². The van der Waals surface area contributed by atoms with Gasteiger partial charge in [-0.1, -0.05) is 0 Å². The SMILES string of the molecule is CNS(=O)(=O)Nc1ccnc(C(=O)O)c1. The van der Waals surface area contributed by atoms with Crippen LogP contribution in [-0.4, -0.2) is 31.5 Å². The highest BCUT2D eigenvalue weighted by molar-refractivity contribution is 7.90. The molecule has 82 valence electrons. The Balaban J connectivity index is 2.97. The van der Waals surface area contributed by atoms with Crippen molar-refractivity contribution in [3.63, 3.8) is 0 Å². The monoisotopic (exact) mass is 231 g/mol. The van der Waals surface area contributed by atoms with E-state index in [2.05, 4.69) is 9.71 Å². The molecule has 0 saturated carbocycles. The van der Waals surface area contributed by atoms with Gasteiger partial charge in [-0.2, -0.15) is 8.42 Å². The first-order valence-corrected chi connectivity index (χ1v) is 5.33. The van der Waals surface area contributed by atoms with Crippen molar-refractivity contribution in [2.24, 2.45) is 0 Å². The lowest BCUT2D eigenvalue weighted by Gasteiger charge is -2.05. The van der Waals surface area contributed by atoms with Crippen LogP contribution in [0.4, 0.5) is 5.69 Å². The molecule has 1 heterocycles. The number of nitrogens with zero attached hydrogens (tertiary/aromatic N) is 1. The van der Waals surface area contributed by atoms with Crippen LogP contribution in [0.15, 0.2) is 18.3 Å². The van der Waals surface area contributed by atoms with Gasteiger partial charge in [0, 0.05) is 13.2 Å². The fourth-order valence-corrected chi connectivity index (χ4v) is 1.36. The van der Waals surface area contributed by atoms with Crippen LogP contribution in [-0.2, 0) is 10.2 Å². The van der Waals surface area contributed by atoms with Gasteiger partial charge in [-0.3, -0.25) is 4.72 Å². The van der Waals surface area contributed by atoms with E-state index in [0.717, 1.165) is 6.07 Å². The van der Waals surface area contributed by atoms with E-state index >= 15 is 0 Å². The molecule has 0 fully saturated rings. The lowest BCUT2D eigenvalue weighted by Crippen LogP contribution is -2.26. The number of aromatic carboxylic acids is 1. The van der Waals surface area contributed by atoms with Crippen LogP contribution < -0.4 is 9.44 Å². The van der Waals surface area contributed by atoms with Crippen molar-refractivity contribution in [1.82, 2.24) is 9.71 Å². The molecule has 0 aliphatic carbocycles. The largest absolute Gasteiger partial charge is 0.477 e. The highest BCUT2D eigenvalue weighted by Gasteiger charge is 2.09. The number of pyridine rings is 1. The first kappa shape index (κ1) is 11.4. The molecule has 8 heteroatoms. The zero-order chi connectivity index (χ0) is 11.5. The summed E-state index contributed by atoms with van der Waals surface area (Å²) in [6.45, 7) is 0. The lowest BCUT2D eigenvalue weighted by atomic mass is 10.3. The third-order valence-corrected chi connectivity index (χ3v) is 2.54. The molecule has 3 N–H and O–H groups in total. The summed E-state index contributed by atoms with van der Waals surface area (Å²) < 4.78 is 26.3. The highest BCUT2D eigenvalue weighted by Crippen LogP contribution is 2.08. The van der Waals surface area contributed by atoms with Gasteiger partial charge in [0.05, 0.1) is 5.69 Å². The maximum absolute atomic E-state index is 11.1. The van der Waals surface area contributed by atoms with Crippen molar-refractivity contribution in [3.8, 4) is 0 Å². The predicted octanol–water partition coefficient (Wildman–Crippen LogP) is -0.344. The van der Waals surface area contributed by atoms with E-state index in [1.165, 1.54) is 19.3 Å². The molecule has 0 spiro atoms. The molecule has 15 heavy (non-hydrogen) atoms. The van der Waals surface area contributed by atoms with Crippen LogP contribution in [0.3, 0.4) is 0 Å². The van der Waals surface area contributed by atoms with Crippen LogP contribution in [0.5, 0.6) is 0 Å². The third-order valence-electron chi connectivity index (χ3n) is 1.50. The van der Waals surface area contributed by atoms with Gasteiger partial charge >= 0.3 is 5.97 Å². The Bertz CT molecular complexity index is 471. The van der Waals surface area contributed by atoms with Crippen molar-refractivity contribution < 1.29 is 18.3 Å². The Hall–Kier alpha value is -1.67. The molecule has 0 aromatic carbocycles. The summed E-state index contributed by atoms with van der Waals surface area (Å²) in [6.07, 6.45) is 1.21. The summed E-state index contributed by atoms with van der Waals surface area (Å²) in [4.78, 5) is 14.1. The van der Waals surface area contributed by atoms with Crippen molar-refractivity contribution in [2.45, 2.75) is 0 Å². The first-order valence-electron chi connectivity index (χ1n) is 3.85. The molecule has 1 aromatic heterocycles. The van der Waals surface area contributed by atoms with Crippen LogP contribution in [0.2, 0.25) is 0 Å². The molecule has 1 aromatic rings.